The van der Waals surface area contributed by atoms with Gasteiger partial charge in [-0.2, -0.15) is 8.42 Å². The number of hydrogen-bond acceptors (Lipinski definition) is 4. The number of alkyl halides is 1. The first-order chi connectivity index (χ1) is 6.99. The molecule has 3 unspecified atom stereocenters. The van der Waals surface area contributed by atoms with Crippen molar-refractivity contribution >= 4 is 32.7 Å². The maximum atomic E-state index is 11.6. The molecule has 2 aliphatic carbocycles. The summed E-state index contributed by atoms with van der Waals surface area (Å²) in [5.41, 5.74) is 0. The van der Waals surface area contributed by atoms with Gasteiger partial charge in [0.05, 0.1) is 11.4 Å². The summed E-state index contributed by atoms with van der Waals surface area (Å²) in [5, 5.41) is -0.239. The molecule has 0 aromatic rings. The highest BCUT2D eigenvalue weighted by molar-refractivity contribution is 14.1. The van der Waals surface area contributed by atoms with E-state index >= 15 is 0 Å². The average Bonchev–Trinajstić information content (AvgIpc) is 2.67. The smallest absolute Gasteiger partial charge is 0.270 e. The molecular formula is C9H13IO4S. The fourth-order valence-corrected chi connectivity index (χ4v) is 5.51. The summed E-state index contributed by atoms with van der Waals surface area (Å²) in [6.07, 6.45) is 1.49. The van der Waals surface area contributed by atoms with Crippen LogP contribution in [-0.4, -0.2) is 30.0 Å². The van der Waals surface area contributed by atoms with E-state index in [1.807, 2.05) is 6.92 Å². The van der Waals surface area contributed by atoms with E-state index in [4.69, 9.17) is 8.92 Å². The van der Waals surface area contributed by atoms with E-state index in [0.29, 0.717) is 5.92 Å². The molecule has 2 bridgehead atoms. The van der Waals surface area contributed by atoms with Crippen molar-refractivity contribution in [1.82, 2.24) is 0 Å². The van der Waals surface area contributed by atoms with Crippen molar-refractivity contribution < 1.29 is 17.3 Å². The summed E-state index contributed by atoms with van der Waals surface area (Å²) in [4.78, 5) is 0. The van der Waals surface area contributed by atoms with Crippen molar-refractivity contribution in [3.05, 3.63) is 0 Å². The van der Waals surface area contributed by atoms with E-state index in [-0.39, 0.29) is 27.5 Å². The molecule has 0 N–H and O–H groups in total. The molecular weight excluding hydrogens is 331 g/mol. The van der Waals surface area contributed by atoms with Crippen LogP contribution in [0.4, 0.5) is 0 Å². The second-order valence-corrected chi connectivity index (χ2v) is 8.17. The van der Waals surface area contributed by atoms with Crippen LogP contribution < -0.4 is 0 Å². The molecule has 3 rings (SSSR count). The number of hydrogen-bond donors (Lipinski definition) is 0. The van der Waals surface area contributed by atoms with Crippen LogP contribution in [0.15, 0.2) is 0 Å². The fourth-order valence-electron chi connectivity index (χ4n) is 3.29. The van der Waals surface area contributed by atoms with Crippen LogP contribution in [-0.2, 0) is 19.0 Å². The first kappa shape index (κ1) is 10.7. The molecule has 2 saturated carbocycles. The Morgan fingerprint density at radius 1 is 1.47 bits per heavy atom. The van der Waals surface area contributed by atoms with Gasteiger partial charge in [0.15, 0.2) is 0 Å². The van der Waals surface area contributed by atoms with Crippen molar-refractivity contribution in [2.75, 3.05) is 0 Å². The van der Waals surface area contributed by atoms with Gasteiger partial charge in [-0.25, -0.2) is 0 Å². The highest BCUT2D eigenvalue weighted by atomic mass is 127. The van der Waals surface area contributed by atoms with Gasteiger partial charge < -0.3 is 4.74 Å². The van der Waals surface area contributed by atoms with Crippen LogP contribution in [0.5, 0.6) is 0 Å². The van der Waals surface area contributed by atoms with E-state index in [1.165, 1.54) is 0 Å². The third-order valence-electron chi connectivity index (χ3n) is 3.76. The van der Waals surface area contributed by atoms with Gasteiger partial charge in [-0.05, 0) is 25.7 Å². The molecule has 86 valence electrons. The molecule has 6 atom stereocenters. The lowest BCUT2D eigenvalue weighted by molar-refractivity contribution is -0.0387. The molecule has 3 aliphatic rings. The lowest BCUT2D eigenvalue weighted by Crippen LogP contribution is -2.36. The predicted octanol–water partition coefficient (Wildman–Crippen LogP) is 1.29. The lowest BCUT2D eigenvalue weighted by atomic mass is 9.94. The quantitative estimate of drug-likeness (QED) is 0.430. The number of fused-ring (bicyclic) bond motifs is 1. The Morgan fingerprint density at radius 3 is 2.87 bits per heavy atom. The maximum absolute atomic E-state index is 11.6. The summed E-state index contributed by atoms with van der Waals surface area (Å²) in [7, 11) is -3.28. The van der Waals surface area contributed by atoms with Crippen molar-refractivity contribution in [2.45, 2.75) is 41.3 Å². The first-order valence-electron chi connectivity index (χ1n) is 5.20. The molecule has 15 heavy (non-hydrogen) atoms. The largest absolute Gasteiger partial charge is 0.362 e. The standard InChI is InChI=1S/C9H13IO4S/c1-4(10)13-8-5-2-6-7(3-5)15(11,12)14-9(6)8/h4-9H,2-3H2,1H3/t4-,5-,6?,7?,8-,9?/m0/s1. The molecule has 0 aromatic carbocycles. The molecule has 3 fully saturated rings. The zero-order valence-electron chi connectivity index (χ0n) is 8.30. The van der Waals surface area contributed by atoms with Crippen molar-refractivity contribution in [1.29, 1.82) is 0 Å². The van der Waals surface area contributed by atoms with Crippen LogP contribution in [0.1, 0.15) is 19.8 Å². The maximum Gasteiger partial charge on any atom is 0.270 e. The molecule has 1 saturated heterocycles. The molecule has 0 aromatic heterocycles. The van der Waals surface area contributed by atoms with E-state index in [1.54, 1.807) is 0 Å². The minimum absolute atomic E-state index is 0.00424. The molecule has 1 aliphatic heterocycles. The Hall–Kier alpha value is 0.600. The van der Waals surface area contributed by atoms with Crippen molar-refractivity contribution in [3.63, 3.8) is 0 Å². The SMILES string of the molecule is C[C@@H](I)O[C@@H]1C2OS(=O)(=O)C3C[C@@H]1CC23. The summed E-state index contributed by atoms with van der Waals surface area (Å²) >= 11 is 2.19. The van der Waals surface area contributed by atoms with Crippen LogP contribution in [0.25, 0.3) is 0 Å². The topological polar surface area (TPSA) is 52.6 Å². The monoisotopic (exact) mass is 344 g/mol. The van der Waals surface area contributed by atoms with Crippen LogP contribution in [0.2, 0.25) is 0 Å². The van der Waals surface area contributed by atoms with Crippen LogP contribution in [0.3, 0.4) is 0 Å². The predicted molar refractivity (Wildman–Crippen MR) is 62.1 cm³/mol. The van der Waals surface area contributed by atoms with Gasteiger partial charge in [-0.1, -0.05) is 22.6 Å². The third kappa shape index (κ3) is 1.48. The zero-order valence-corrected chi connectivity index (χ0v) is 11.3. The van der Waals surface area contributed by atoms with Gasteiger partial charge >= 0.3 is 0 Å². The highest BCUT2D eigenvalue weighted by Crippen LogP contribution is 2.55. The normalized spacial score (nSPS) is 52.3. The zero-order chi connectivity index (χ0) is 10.8. The Morgan fingerprint density at radius 2 is 2.20 bits per heavy atom. The Labute approximate surface area is 103 Å². The van der Waals surface area contributed by atoms with Crippen LogP contribution >= 0.6 is 22.6 Å². The van der Waals surface area contributed by atoms with Crippen molar-refractivity contribution in [3.8, 4) is 0 Å². The van der Waals surface area contributed by atoms with Gasteiger partial charge in [0.2, 0.25) is 0 Å². The Balaban J connectivity index is 1.88. The van der Waals surface area contributed by atoms with Gasteiger partial charge in [0.25, 0.3) is 10.1 Å². The molecule has 1 heterocycles. The molecule has 0 amide bonds. The van der Waals surface area contributed by atoms with E-state index in [9.17, 15) is 8.42 Å². The second-order valence-electron chi connectivity index (χ2n) is 4.63. The van der Waals surface area contributed by atoms with Gasteiger partial charge in [0, 0.05) is 5.92 Å². The van der Waals surface area contributed by atoms with E-state index in [0.717, 1.165) is 12.8 Å². The Bertz CT molecular complexity index is 380. The molecule has 0 spiro atoms. The van der Waals surface area contributed by atoms with Gasteiger partial charge in [-0.3, -0.25) is 4.18 Å². The third-order valence-corrected chi connectivity index (χ3v) is 5.83. The van der Waals surface area contributed by atoms with Gasteiger partial charge in [-0.15, -0.1) is 0 Å². The molecule has 6 heteroatoms. The summed E-state index contributed by atoms with van der Waals surface area (Å²) < 4.78 is 34.3. The van der Waals surface area contributed by atoms with Gasteiger partial charge in [0.1, 0.15) is 10.2 Å². The van der Waals surface area contributed by atoms with E-state index in [2.05, 4.69) is 22.6 Å². The minimum Gasteiger partial charge on any atom is -0.362 e. The van der Waals surface area contributed by atoms with E-state index < -0.39 is 10.1 Å². The van der Waals surface area contributed by atoms with Crippen molar-refractivity contribution in [2.24, 2.45) is 11.8 Å². The Kier molecular flexibility index (Phi) is 2.36. The minimum atomic E-state index is -3.28. The molecule has 4 nitrogen and oxygen atoms in total. The average molecular weight is 344 g/mol. The first-order valence-corrected chi connectivity index (χ1v) is 7.92. The lowest BCUT2D eigenvalue weighted by Gasteiger charge is -2.26. The van der Waals surface area contributed by atoms with Crippen LogP contribution in [0, 0.1) is 11.8 Å². The summed E-state index contributed by atoms with van der Waals surface area (Å²) in [6.45, 7) is 1.97. The summed E-state index contributed by atoms with van der Waals surface area (Å²) in [6, 6.07) is 0. The number of halogens is 1. The molecule has 0 radical (unpaired) electrons. The number of rotatable bonds is 2. The number of ether oxygens (including phenoxy) is 1. The fraction of sp³-hybridized carbons (Fsp3) is 1.00. The summed E-state index contributed by atoms with van der Waals surface area (Å²) in [5.74, 6) is 0.583. The highest BCUT2D eigenvalue weighted by Gasteiger charge is 2.64. The second kappa shape index (κ2) is 3.30.